The lowest BCUT2D eigenvalue weighted by atomic mass is 10.1. The van der Waals surface area contributed by atoms with Gasteiger partial charge in [-0.1, -0.05) is 6.92 Å². The largest absolute Gasteiger partial charge is 0.365 e. The molecule has 0 amide bonds. The number of anilines is 1. The fraction of sp³-hybridized carbons (Fsp3) is 0.412. The van der Waals surface area contributed by atoms with Crippen molar-refractivity contribution in [1.29, 1.82) is 0 Å². The third kappa shape index (κ3) is 3.60. The van der Waals surface area contributed by atoms with Crippen LogP contribution in [-0.4, -0.2) is 40.8 Å². The molecule has 1 fully saturated rings. The van der Waals surface area contributed by atoms with Crippen LogP contribution in [0, 0.1) is 5.82 Å². The predicted molar refractivity (Wildman–Crippen MR) is 86.2 cm³/mol. The normalized spacial score (nSPS) is 19.1. The van der Waals surface area contributed by atoms with Gasteiger partial charge in [-0.15, -0.1) is 10.2 Å². The topological polar surface area (TPSA) is 41.0 Å². The maximum absolute atomic E-state index is 12.9. The van der Waals surface area contributed by atoms with E-state index in [1.807, 2.05) is 12.1 Å². The van der Waals surface area contributed by atoms with Crippen LogP contribution in [0.2, 0.25) is 0 Å². The molecular weight excluding hydrogens is 279 g/mol. The van der Waals surface area contributed by atoms with E-state index < -0.39 is 0 Å². The van der Waals surface area contributed by atoms with Crippen LogP contribution in [0.25, 0.3) is 11.3 Å². The Labute approximate surface area is 130 Å². The van der Waals surface area contributed by atoms with Gasteiger partial charge in [0.15, 0.2) is 0 Å². The maximum Gasteiger partial charge on any atom is 0.148 e. The number of likely N-dealkylation sites (tertiary alicyclic amines) is 1. The molecule has 3 rings (SSSR count). The fourth-order valence-electron chi connectivity index (χ4n) is 2.85. The van der Waals surface area contributed by atoms with E-state index in [1.54, 1.807) is 12.1 Å². The van der Waals surface area contributed by atoms with Crippen molar-refractivity contribution < 1.29 is 4.39 Å². The van der Waals surface area contributed by atoms with E-state index >= 15 is 0 Å². The number of rotatable bonds is 4. The minimum Gasteiger partial charge on any atom is -0.365 e. The first kappa shape index (κ1) is 14.9. The number of halogens is 1. The summed E-state index contributed by atoms with van der Waals surface area (Å²) in [6.45, 7) is 5.52. The Morgan fingerprint density at radius 1 is 1.18 bits per heavy atom. The highest BCUT2D eigenvalue weighted by atomic mass is 19.1. The summed E-state index contributed by atoms with van der Waals surface area (Å²) >= 11 is 0. The molecule has 0 bridgehead atoms. The van der Waals surface area contributed by atoms with E-state index in [4.69, 9.17) is 0 Å². The van der Waals surface area contributed by atoms with Crippen molar-refractivity contribution in [2.24, 2.45) is 0 Å². The van der Waals surface area contributed by atoms with Crippen LogP contribution in [0.15, 0.2) is 36.4 Å². The minimum absolute atomic E-state index is 0.243. The molecule has 0 radical (unpaired) electrons. The van der Waals surface area contributed by atoms with Gasteiger partial charge >= 0.3 is 0 Å². The number of hydrogen-bond acceptors (Lipinski definition) is 4. The smallest absolute Gasteiger partial charge is 0.148 e. The van der Waals surface area contributed by atoms with Gasteiger partial charge in [0.2, 0.25) is 0 Å². The van der Waals surface area contributed by atoms with Crippen LogP contribution in [0.1, 0.15) is 19.8 Å². The third-order valence-corrected chi connectivity index (χ3v) is 4.11. The van der Waals surface area contributed by atoms with Crippen molar-refractivity contribution in [3.05, 3.63) is 42.2 Å². The van der Waals surface area contributed by atoms with E-state index in [9.17, 15) is 4.39 Å². The first-order valence-corrected chi connectivity index (χ1v) is 7.83. The number of benzene rings is 1. The Hall–Kier alpha value is -2.01. The van der Waals surface area contributed by atoms with Crippen molar-refractivity contribution in [3.63, 3.8) is 0 Å². The minimum atomic E-state index is -0.243. The van der Waals surface area contributed by atoms with Crippen LogP contribution in [0.3, 0.4) is 0 Å². The number of hydrogen-bond donors (Lipinski definition) is 1. The van der Waals surface area contributed by atoms with Crippen molar-refractivity contribution >= 4 is 5.82 Å². The molecule has 1 N–H and O–H groups in total. The Bertz CT molecular complexity index is 597. The molecule has 22 heavy (non-hydrogen) atoms. The summed E-state index contributed by atoms with van der Waals surface area (Å²) in [6.07, 6.45) is 2.38. The van der Waals surface area contributed by atoms with Crippen LogP contribution < -0.4 is 5.32 Å². The lowest BCUT2D eigenvalue weighted by Crippen LogP contribution is -2.42. The Morgan fingerprint density at radius 2 is 2.00 bits per heavy atom. The van der Waals surface area contributed by atoms with Gasteiger partial charge in [-0.25, -0.2) is 4.39 Å². The molecule has 1 aromatic heterocycles. The molecule has 1 aliphatic rings. The molecule has 0 saturated carbocycles. The van der Waals surface area contributed by atoms with E-state index in [-0.39, 0.29) is 5.82 Å². The van der Waals surface area contributed by atoms with Gasteiger partial charge in [-0.2, -0.15) is 0 Å². The van der Waals surface area contributed by atoms with Crippen molar-refractivity contribution in [3.8, 4) is 11.3 Å². The molecule has 1 atom stereocenters. The summed E-state index contributed by atoms with van der Waals surface area (Å²) in [6, 6.07) is 10.6. The standard InChI is InChI=1S/C17H21FN4/c1-2-22-11-3-4-15(12-22)19-17-10-9-16(20-21-17)13-5-7-14(18)8-6-13/h5-10,15H,2-4,11-12H2,1H3,(H,19,21)/t15-/m0/s1. The highest BCUT2D eigenvalue weighted by Crippen LogP contribution is 2.19. The molecule has 1 aromatic carbocycles. The van der Waals surface area contributed by atoms with Crippen LogP contribution in [0.5, 0.6) is 0 Å². The van der Waals surface area contributed by atoms with E-state index in [1.165, 1.54) is 25.1 Å². The first-order chi connectivity index (χ1) is 10.7. The van der Waals surface area contributed by atoms with Gasteiger partial charge in [0, 0.05) is 18.2 Å². The summed E-state index contributed by atoms with van der Waals surface area (Å²) in [5, 5.41) is 11.9. The number of likely N-dealkylation sites (N-methyl/N-ethyl adjacent to an activating group) is 1. The molecule has 1 saturated heterocycles. The van der Waals surface area contributed by atoms with Gasteiger partial charge < -0.3 is 10.2 Å². The van der Waals surface area contributed by atoms with Crippen molar-refractivity contribution in [2.75, 3.05) is 25.0 Å². The molecule has 0 unspecified atom stereocenters. The molecule has 5 heteroatoms. The monoisotopic (exact) mass is 300 g/mol. The highest BCUT2D eigenvalue weighted by Gasteiger charge is 2.18. The Balaban J connectivity index is 1.65. The quantitative estimate of drug-likeness (QED) is 0.941. The van der Waals surface area contributed by atoms with Gasteiger partial charge in [0.25, 0.3) is 0 Å². The van der Waals surface area contributed by atoms with Crippen molar-refractivity contribution in [1.82, 2.24) is 15.1 Å². The van der Waals surface area contributed by atoms with E-state index in [0.29, 0.717) is 6.04 Å². The van der Waals surface area contributed by atoms with E-state index in [0.717, 1.165) is 36.6 Å². The molecule has 4 nitrogen and oxygen atoms in total. The fourth-order valence-corrected chi connectivity index (χ4v) is 2.85. The highest BCUT2D eigenvalue weighted by molar-refractivity contribution is 5.59. The average molecular weight is 300 g/mol. The molecule has 2 aromatic rings. The zero-order valence-electron chi connectivity index (χ0n) is 12.8. The lowest BCUT2D eigenvalue weighted by Gasteiger charge is -2.32. The van der Waals surface area contributed by atoms with Gasteiger partial charge in [-0.05, 0) is 62.3 Å². The zero-order valence-corrected chi connectivity index (χ0v) is 12.8. The molecule has 0 aliphatic carbocycles. The lowest BCUT2D eigenvalue weighted by molar-refractivity contribution is 0.226. The van der Waals surface area contributed by atoms with Crippen LogP contribution in [-0.2, 0) is 0 Å². The number of piperidine rings is 1. The first-order valence-electron chi connectivity index (χ1n) is 7.83. The molecular formula is C17H21FN4. The second kappa shape index (κ2) is 6.83. The number of nitrogens with zero attached hydrogens (tertiary/aromatic N) is 3. The molecule has 0 spiro atoms. The zero-order chi connectivity index (χ0) is 15.4. The van der Waals surface area contributed by atoms with Gasteiger partial charge in [-0.3, -0.25) is 0 Å². The molecule has 1 aliphatic heterocycles. The maximum atomic E-state index is 12.9. The summed E-state index contributed by atoms with van der Waals surface area (Å²) in [5.74, 6) is 0.557. The van der Waals surface area contributed by atoms with Crippen LogP contribution in [0.4, 0.5) is 10.2 Å². The Kier molecular flexibility index (Phi) is 4.63. The Morgan fingerprint density at radius 3 is 2.68 bits per heavy atom. The second-order valence-electron chi connectivity index (χ2n) is 5.69. The van der Waals surface area contributed by atoms with Gasteiger partial charge in [0.1, 0.15) is 11.6 Å². The summed E-state index contributed by atoms with van der Waals surface area (Å²) in [4.78, 5) is 2.45. The summed E-state index contributed by atoms with van der Waals surface area (Å²) in [7, 11) is 0. The van der Waals surface area contributed by atoms with Gasteiger partial charge in [0.05, 0.1) is 5.69 Å². The third-order valence-electron chi connectivity index (χ3n) is 4.11. The summed E-state index contributed by atoms with van der Waals surface area (Å²) in [5.41, 5.74) is 1.62. The second-order valence-corrected chi connectivity index (χ2v) is 5.69. The molecule has 2 heterocycles. The number of aromatic nitrogens is 2. The average Bonchev–Trinajstić information content (AvgIpc) is 2.57. The van der Waals surface area contributed by atoms with Crippen LogP contribution >= 0.6 is 0 Å². The summed E-state index contributed by atoms with van der Waals surface area (Å²) < 4.78 is 12.9. The number of nitrogens with one attached hydrogen (secondary N) is 1. The molecule has 116 valence electrons. The predicted octanol–water partition coefficient (Wildman–Crippen LogP) is 3.18. The van der Waals surface area contributed by atoms with E-state index in [2.05, 4.69) is 27.3 Å². The van der Waals surface area contributed by atoms with Crippen molar-refractivity contribution in [2.45, 2.75) is 25.8 Å². The SMILES string of the molecule is CCN1CCC[C@H](Nc2ccc(-c3ccc(F)cc3)nn2)C1.